The summed E-state index contributed by atoms with van der Waals surface area (Å²) in [6.07, 6.45) is 0.911. The second kappa shape index (κ2) is 5.41. The molecule has 2 atom stereocenters. The van der Waals surface area contributed by atoms with Crippen molar-refractivity contribution >= 4 is 0 Å². The molecule has 1 aromatic rings. The summed E-state index contributed by atoms with van der Waals surface area (Å²) in [6.45, 7) is 11.6. The van der Waals surface area contributed by atoms with E-state index < -0.39 is 0 Å². The predicted octanol–water partition coefficient (Wildman–Crippen LogP) is 2.99. The monoisotopic (exact) mass is 247 g/mol. The van der Waals surface area contributed by atoms with Crippen LogP contribution in [0.3, 0.4) is 0 Å². The Hall–Kier alpha value is -0.860. The van der Waals surface area contributed by atoms with Crippen molar-refractivity contribution in [3.8, 4) is 0 Å². The van der Waals surface area contributed by atoms with E-state index in [1.165, 1.54) is 23.1 Å². The highest BCUT2D eigenvalue weighted by Crippen LogP contribution is 2.26. The number of benzene rings is 1. The van der Waals surface area contributed by atoms with Crippen LogP contribution in [-0.2, 0) is 0 Å². The van der Waals surface area contributed by atoms with Crippen molar-refractivity contribution in [1.29, 1.82) is 0 Å². The summed E-state index contributed by atoms with van der Waals surface area (Å²) in [5.41, 5.74) is 4.83. The van der Waals surface area contributed by atoms with Gasteiger partial charge in [0.15, 0.2) is 0 Å². The second-order valence-corrected chi connectivity index (χ2v) is 5.98. The van der Waals surface area contributed by atoms with E-state index in [0.717, 1.165) is 31.1 Å². The van der Waals surface area contributed by atoms with E-state index in [1.807, 2.05) is 0 Å². The first kappa shape index (κ1) is 13.6. The number of likely N-dealkylation sites (tertiary alicyclic amines) is 1. The van der Waals surface area contributed by atoms with Crippen LogP contribution in [0.15, 0.2) is 12.1 Å². The Balaban J connectivity index is 2.11. The molecule has 1 aliphatic rings. The summed E-state index contributed by atoms with van der Waals surface area (Å²) in [5, 5.41) is 10.5. The normalized spacial score (nSPS) is 22.4. The maximum atomic E-state index is 10.5. The zero-order valence-corrected chi connectivity index (χ0v) is 12.0. The number of hydrogen-bond donors (Lipinski definition) is 1. The fourth-order valence-electron chi connectivity index (χ4n) is 3.24. The summed E-state index contributed by atoms with van der Waals surface area (Å²) in [7, 11) is 0. The van der Waals surface area contributed by atoms with Gasteiger partial charge in [0.2, 0.25) is 0 Å². The highest BCUT2D eigenvalue weighted by Gasteiger charge is 2.23. The van der Waals surface area contributed by atoms with Crippen LogP contribution in [0.2, 0.25) is 0 Å². The number of aliphatic hydroxyl groups is 1. The molecule has 2 heteroatoms. The van der Waals surface area contributed by atoms with Crippen LogP contribution >= 0.6 is 0 Å². The topological polar surface area (TPSA) is 23.5 Å². The Bertz CT molecular complexity index is 404. The second-order valence-electron chi connectivity index (χ2n) is 5.98. The molecule has 2 rings (SSSR count). The van der Waals surface area contributed by atoms with Crippen LogP contribution in [0.5, 0.6) is 0 Å². The lowest BCUT2D eigenvalue weighted by atomic mass is 9.95. The number of nitrogens with zero attached hydrogens (tertiary/aromatic N) is 1. The number of hydrogen-bond acceptors (Lipinski definition) is 2. The van der Waals surface area contributed by atoms with Gasteiger partial charge in [0, 0.05) is 13.1 Å². The molecule has 2 nitrogen and oxygen atoms in total. The third-order valence-corrected chi connectivity index (χ3v) is 4.01. The fourth-order valence-corrected chi connectivity index (χ4v) is 3.24. The molecule has 1 aromatic carbocycles. The third-order valence-electron chi connectivity index (χ3n) is 4.01. The van der Waals surface area contributed by atoms with Crippen LogP contribution in [-0.4, -0.2) is 29.6 Å². The molecule has 0 saturated carbocycles. The van der Waals surface area contributed by atoms with Crippen LogP contribution < -0.4 is 0 Å². The number of rotatable bonds is 3. The van der Waals surface area contributed by atoms with E-state index in [0.29, 0.717) is 0 Å². The maximum Gasteiger partial charge on any atom is 0.0922 e. The van der Waals surface area contributed by atoms with Crippen molar-refractivity contribution in [2.45, 2.75) is 40.2 Å². The van der Waals surface area contributed by atoms with Crippen molar-refractivity contribution in [3.63, 3.8) is 0 Å². The minimum atomic E-state index is -0.351. The van der Waals surface area contributed by atoms with Crippen LogP contribution in [0.25, 0.3) is 0 Å². The van der Waals surface area contributed by atoms with Gasteiger partial charge in [-0.15, -0.1) is 0 Å². The Morgan fingerprint density at radius 3 is 2.39 bits per heavy atom. The van der Waals surface area contributed by atoms with E-state index in [2.05, 4.69) is 44.7 Å². The molecule has 18 heavy (non-hydrogen) atoms. The summed E-state index contributed by atoms with van der Waals surface area (Å²) in [4.78, 5) is 2.38. The lowest BCUT2D eigenvalue weighted by Gasteiger charge is -2.23. The molecule has 2 unspecified atom stereocenters. The zero-order valence-electron chi connectivity index (χ0n) is 12.0. The standard InChI is InChI=1S/C16H25NO/c1-11-5-6-17(9-11)10-15(18)16-13(3)7-12(2)8-14(16)4/h7-8,11,15,18H,5-6,9-10H2,1-4H3. The molecule has 0 aliphatic carbocycles. The number of aryl methyl sites for hydroxylation is 3. The highest BCUT2D eigenvalue weighted by molar-refractivity contribution is 5.39. The average Bonchev–Trinajstić information content (AvgIpc) is 2.62. The Morgan fingerprint density at radius 1 is 1.28 bits per heavy atom. The zero-order chi connectivity index (χ0) is 13.3. The number of β-amino-alcohol motifs (C(OH)–C–C–N with tert-alkyl or cyclic N) is 1. The Kier molecular flexibility index (Phi) is 4.08. The van der Waals surface area contributed by atoms with Gasteiger partial charge in [0.1, 0.15) is 0 Å². The SMILES string of the molecule is Cc1cc(C)c(C(O)CN2CCC(C)C2)c(C)c1. The number of aliphatic hydroxyl groups excluding tert-OH is 1. The highest BCUT2D eigenvalue weighted by atomic mass is 16.3. The molecular weight excluding hydrogens is 222 g/mol. The van der Waals surface area contributed by atoms with Gasteiger partial charge in [0.25, 0.3) is 0 Å². The van der Waals surface area contributed by atoms with Gasteiger partial charge in [-0.05, 0) is 56.3 Å². The molecule has 0 spiro atoms. The third kappa shape index (κ3) is 2.93. The van der Waals surface area contributed by atoms with Crippen LogP contribution in [0.1, 0.15) is 41.7 Å². The average molecular weight is 247 g/mol. The Labute approximate surface area is 111 Å². The molecule has 0 amide bonds. The molecule has 1 heterocycles. The molecule has 0 bridgehead atoms. The molecule has 0 aromatic heterocycles. The van der Waals surface area contributed by atoms with E-state index in [4.69, 9.17) is 0 Å². The van der Waals surface area contributed by atoms with Gasteiger partial charge in [0.05, 0.1) is 6.10 Å². The predicted molar refractivity (Wildman–Crippen MR) is 75.8 cm³/mol. The summed E-state index contributed by atoms with van der Waals surface area (Å²) >= 11 is 0. The fraction of sp³-hybridized carbons (Fsp3) is 0.625. The lowest BCUT2D eigenvalue weighted by molar-refractivity contribution is 0.123. The van der Waals surface area contributed by atoms with Gasteiger partial charge in [-0.3, -0.25) is 0 Å². The van der Waals surface area contributed by atoms with Gasteiger partial charge in [-0.25, -0.2) is 0 Å². The van der Waals surface area contributed by atoms with Crippen molar-refractivity contribution in [1.82, 2.24) is 4.90 Å². The first-order valence-corrected chi connectivity index (χ1v) is 6.95. The van der Waals surface area contributed by atoms with E-state index in [9.17, 15) is 5.11 Å². The van der Waals surface area contributed by atoms with Crippen LogP contribution in [0.4, 0.5) is 0 Å². The van der Waals surface area contributed by atoms with Gasteiger partial charge >= 0.3 is 0 Å². The summed E-state index contributed by atoms with van der Waals surface area (Å²) in [5.74, 6) is 0.775. The molecule has 1 N–H and O–H groups in total. The van der Waals surface area contributed by atoms with E-state index in [-0.39, 0.29) is 6.10 Å². The smallest absolute Gasteiger partial charge is 0.0922 e. The van der Waals surface area contributed by atoms with Gasteiger partial charge < -0.3 is 10.0 Å². The molecule has 100 valence electrons. The van der Waals surface area contributed by atoms with E-state index >= 15 is 0 Å². The largest absolute Gasteiger partial charge is 0.387 e. The van der Waals surface area contributed by atoms with E-state index in [1.54, 1.807) is 0 Å². The minimum absolute atomic E-state index is 0.351. The van der Waals surface area contributed by atoms with Crippen molar-refractivity contribution in [2.75, 3.05) is 19.6 Å². The maximum absolute atomic E-state index is 10.5. The van der Waals surface area contributed by atoms with Crippen molar-refractivity contribution in [3.05, 3.63) is 34.4 Å². The Morgan fingerprint density at radius 2 is 1.89 bits per heavy atom. The molecule has 1 fully saturated rings. The molecule has 1 aliphatic heterocycles. The summed E-state index contributed by atoms with van der Waals surface area (Å²) < 4.78 is 0. The first-order chi connectivity index (χ1) is 8.47. The van der Waals surface area contributed by atoms with Gasteiger partial charge in [-0.1, -0.05) is 24.6 Å². The van der Waals surface area contributed by atoms with Crippen molar-refractivity contribution in [2.24, 2.45) is 5.92 Å². The molecular formula is C16H25NO. The van der Waals surface area contributed by atoms with Gasteiger partial charge in [-0.2, -0.15) is 0 Å². The quantitative estimate of drug-likeness (QED) is 0.887. The molecule has 0 radical (unpaired) electrons. The lowest BCUT2D eigenvalue weighted by Crippen LogP contribution is -2.27. The van der Waals surface area contributed by atoms with Crippen LogP contribution in [0, 0.1) is 26.7 Å². The molecule has 1 saturated heterocycles. The first-order valence-electron chi connectivity index (χ1n) is 6.95. The summed E-state index contributed by atoms with van der Waals surface area (Å²) in [6, 6.07) is 4.33. The minimum Gasteiger partial charge on any atom is -0.387 e. The van der Waals surface area contributed by atoms with Crippen molar-refractivity contribution < 1.29 is 5.11 Å².